The quantitative estimate of drug-likeness (QED) is 0.847. The fraction of sp³-hybridized carbons (Fsp3) is 0.533. The van der Waals surface area contributed by atoms with E-state index >= 15 is 0 Å². The van der Waals surface area contributed by atoms with Gasteiger partial charge in [0, 0.05) is 18.7 Å². The highest BCUT2D eigenvalue weighted by atomic mass is 16.5. The smallest absolute Gasteiger partial charge is 0.123 e. The van der Waals surface area contributed by atoms with Crippen molar-refractivity contribution >= 4 is 0 Å². The van der Waals surface area contributed by atoms with E-state index in [1.807, 2.05) is 19.2 Å². The normalized spacial score (nSPS) is 16.2. The molecule has 1 saturated carbocycles. The lowest BCUT2D eigenvalue weighted by Gasteiger charge is -2.21. The SMILES string of the molecule is COc1ccc(C#N)cc1CN(C)CC(O)C1CC1. The van der Waals surface area contributed by atoms with Crippen molar-refractivity contribution in [3.05, 3.63) is 29.3 Å². The molecule has 4 nitrogen and oxygen atoms in total. The standard InChI is InChI=1S/C15H20N2O2/c1-17(10-14(18)12-4-5-12)9-13-7-11(8-16)3-6-15(13)19-2/h3,6-7,12,14,18H,4-5,9-10H2,1-2H3. The van der Waals surface area contributed by atoms with E-state index in [9.17, 15) is 5.11 Å². The lowest BCUT2D eigenvalue weighted by Crippen LogP contribution is -2.30. The van der Waals surface area contributed by atoms with Gasteiger partial charge < -0.3 is 9.84 Å². The zero-order chi connectivity index (χ0) is 13.8. The zero-order valence-electron chi connectivity index (χ0n) is 11.5. The molecule has 1 unspecified atom stereocenters. The van der Waals surface area contributed by atoms with E-state index < -0.39 is 0 Å². The molecule has 19 heavy (non-hydrogen) atoms. The van der Waals surface area contributed by atoms with Crippen LogP contribution in [0, 0.1) is 17.2 Å². The highest BCUT2D eigenvalue weighted by Gasteiger charge is 2.30. The van der Waals surface area contributed by atoms with E-state index in [1.165, 1.54) is 0 Å². The predicted octanol–water partition coefficient (Wildman–Crippen LogP) is 1.77. The zero-order valence-corrected chi connectivity index (χ0v) is 11.5. The average Bonchev–Trinajstić information content (AvgIpc) is 3.22. The van der Waals surface area contributed by atoms with Crippen molar-refractivity contribution in [1.82, 2.24) is 4.90 Å². The topological polar surface area (TPSA) is 56.5 Å². The molecule has 102 valence electrons. The first-order valence-electron chi connectivity index (χ1n) is 6.57. The van der Waals surface area contributed by atoms with Crippen LogP contribution in [0.1, 0.15) is 24.0 Å². The van der Waals surface area contributed by atoms with E-state index in [2.05, 4.69) is 11.0 Å². The van der Waals surface area contributed by atoms with Crippen molar-refractivity contribution in [2.24, 2.45) is 5.92 Å². The molecule has 0 saturated heterocycles. The fourth-order valence-electron chi connectivity index (χ4n) is 2.28. The molecule has 1 aliphatic rings. The van der Waals surface area contributed by atoms with Gasteiger partial charge in [-0.25, -0.2) is 0 Å². The van der Waals surface area contributed by atoms with Gasteiger partial charge in [-0.05, 0) is 44.0 Å². The van der Waals surface area contributed by atoms with Crippen molar-refractivity contribution in [3.63, 3.8) is 0 Å². The van der Waals surface area contributed by atoms with E-state index in [0.717, 1.165) is 24.2 Å². The van der Waals surface area contributed by atoms with Crippen molar-refractivity contribution < 1.29 is 9.84 Å². The summed E-state index contributed by atoms with van der Waals surface area (Å²) >= 11 is 0. The number of ether oxygens (including phenoxy) is 1. The number of hydrogen-bond acceptors (Lipinski definition) is 4. The monoisotopic (exact) mass is 260 g/mol. The second-order valence-corrected chi connectivity index (χ2v) is 5.24. The summed E-state index contributed by atoms with van der Waals surface area (Å²) in [5, 5.41) is 18.9. The fourth-order valence-corrected chi connectivity index (χ4v) is 2.28. The number of likely N-dealkylation sites (N-methyl/N-ethyl adjacent to an activating group) is 1. The Morgan fingerprint density at radius 1 is 1.53 bits per heavy atom. The van der Waals surface area contributed by atoms with Crippen molar-refractivity contribution in [1.29, 1.82) is 5.26 Å². The number of benzene rings is 1. The molecule has 0 amide bonds. The molecule has 0 spiro atoms. The molecule has 1 aromatic carbocycles. The molecule has 1 aliphatic carbocycles. The number of hydrogen-bond donors (Lipinski definition) is 1. The van der Waals surface area contributed by atoms with Gasteiger partial charge in [-0.15, -0.1) is 0 Å². The number of nitrogens with zero attached hydrogens (tertiary/aromatic N) is 2. The molecule has 1 atom stereocenters. The lowest BCUT2D eigenvalue weighted by atomic mass is 10.1. The van der Waals surface area contributed by atoms with E-state index in [-0.39, 0.29) is 6.10 Å². The van der Waals surface area contributed by atoms with Gasteiger partial charge in [-0.1, -0.05) is 0 Å². The molecule has 0 heterocycles. The Labute approximate surface area is 114 Å². The average molecular weight is 260 g/mol. The molecule has 0 aromatic heterocycles. The Kier molecular flexibility index (Phi) is 4.41. The minimum atomic E-state index is -0.241. The molecule has 0 aliphatic heterocycles. The first-order valence-corrected chi connectivity index (χ1v) is 6.57. The molecule has 4 heteroatoms. The Balaban J connectivity index is 2.02. The van der Waals surface area contributed by atoms with Gasteiger partial charge >= 0.3 is 0 Å². The van der Waals surface area contributed by atoms with Gasteiger partial charge in [0.15, 0.2) is 0 Å². The Hall–Kier alpha value is -1.57. The lowest BCUT2D eigenvalue weighted by molar-refractivity contribution is 0.104. The molecular formula is C15H20N2O2. The Bertz CT molecular complexity index is 478. The molecule has 1 fully saturated rings. The van der Waals surface area contributed by atoms with Gasteiger partial charge in [-0.3, -0.25) is 4.90 Å². The minimum absolute atomic E-state index is 0.241. The van der Waals surface area contributed by atoms with Crippen molar-refractivity contribution in [2.75, 3.05) is 20.7 Å². The van der Waals surface area contributed by atoms with Crippen LogP contribution in [-0.2, 0) is 6.54 Å². The number of aliphatic hydroxyl groups excluding tert-OH is 1. The van der Waals surface area contributed by atoms with Crippen LogP contribution >= 0.6 is 0 Å². The largest absolute Gasteiger partial charge is 0.496 e. The predicted molar refractivity (Wildman–Crippen MR) is 72.8 cm³/mol. The second kappa shape index (κ2) is 6.05. The minimum Gasteiger partial charge on any atom is -0.496 e. The van der Waals surface area contributed by atoms with Crippen LogP contribution in [0.25, 0.3) is 0 Å². The summed E-state index contributed by atoms with van der Waals surface area (Å²) in [7, 11) is 3.61. The molecular weight excluding hydrogens is 240 g/mol. The summed E-state index contributed by atoms with van der Waals surface area (Å²) < 4.78 is 5.31. The van der Waals surface area contributed by atoms with E-state index in [4.69, 9.17) is 10.00 Å². The summed E-state index contributed by atoms with van der Waals surface area (Å²) in [5.41, 5.74) is 1.61. The van der Waals surface area contributed by atoms with E-state index in [0.29, 0.717) is 24.6 Å². The van der Waals surface area contributed by atoms with Crippen LogP contribution in [0.5, 0.6) is 5.75 Å². The highest BCUT2D eigenvalue weighted by Crippen LogP contribution is 2.33. The van der Waals surface area contributed by atoms with Crippen molar-refractivity contribution in [2.45, 2.75) is 25.5 Å². The molecule has 0 radical (unpaired) electrons. The van der Waals surface area contributed by atoms with Crippen molar-refractivity contribution in [3.8, 4) is 11.8 Å². The van der Waals surface area contributed by atoms with Gasteiger partial charge in [0.25, 0.3) is 0 Å². The summed E-state index contributed by atoms with van der Waals surface area (Å²) in [6.45, 7) is 1.33. The highest BCUT2D eigenvalue weighted by molar-refractivity contribution is 5.42. The number of nitriles is 1. The number of rotatable bonds is 6. The maximum absolute atomic E-state index is 9.94. The van der Waals surface area contributed by atoms with Crippen LogP contribution in [0.2, 0.25) is 0 Å². The van der Waals surface area contributed by atoms with E-state index in [1.54, 1.807) is 13.2 Å². The number of methoxy groups -OCH3 is 1. The summed E-state index contributed by atoms with van der Waals surface area (Å²) in [6.07, 6.45) is 2.04. The van der Waals surface area contributed by atoms with Crippen LogP contribution < -0.4 is 4.74 Å². The maximum Gasteiger partial charge on any atom is 0.123 e. The van der Waals surface area contributed by atoms with Gasteiger partial charge in [-0.2, -0.15) is 5.26 Å². The third kappa shape index (κ3) is 3.69. The second-order valence-electron chi connectivity index (χ2n) is 5.24. The van der Waals surface area contributed by atoms with Gasteiger partial charge in [0.2, 0.25) is 0 Å². The van der Waals surface area contributed by atoms with Crippen LogP contribution in [0.4, 0.5) is 0 Å². The van der Waals surface area contributed by atoms with Crippen LogP contribution in [0.15, 0.2) is 18.2 Å². The first-order chi connectivity index (χ1) is 9.13. The summed E-state index contributed by atoms with van der Waals surface area (Å²) in [4.78, 5) is 2.07. The molecule has 1 N–H and O–H groups in total. The maximum atomic E-state index is 9.94. The summed E-state index contributed by atoms with van der Waals surface area (Å²) in [6, 6.07) is 7.55. The van der Waals surface area contributed by atoms with Crippen LogP contribution in [-0.4, -0.2) is 36.8 Å². The van der Waals surface area contributed by atoms with Crippen LogP contribution in [0.3, 0.4) is 0 Å². The third-order valence-corrected chi connectivity index (χ3v) is 3.51. The Morgan fingerprint density at radius 2 is 2.26 bits per heavy atom. The third-order valence-electron chi connectivity index (χ3n) is 3.51. The molecule has 0 bridgehead atoms. The molecule has 1 aromatic rings. The Morgan fingerprint density at radius 3 is 2.84 bits per heavy atom. The molecule has 2 rings (SSSR count). The van der Waals surface area contributed by atoms with Gasteiger partial charge in [0.05, 0.1) is 24.8 Å². The number of aliphatic hydroxyl groups is 1. The first kappa shape index (κ1) is 13.9. The summed E-state index contributed by atoms with van der Waals surface area (Å²) in [5.74, 6) is 1.27. The van der Waals surface area contributed by atoms with Gasteiger partial charge in [0.1, 0.15) is 5.75 Å².